The van der Waals surface area contributed by atoms with Crippen LogP contribution in [0.4, 0.5) is 0 Å². The molecule has 0 radical (unpaired) electrons. The normalized spacial score (nSPS) is 12.3. The summed E-state index contributed by atoms with van der Waals surface area (Å²) in [5.74, 6) is 3.20. The van der Waals surface area contributed by atoms with Crippen LogP contribution >= 0.6 is 0 Å². The van der Waals surface area contributed by atoms with Crippen LogP contribution in [-0.2, 0) is 31.9 Å². The number of hydrogen-bond acceptors (Lipinski definition) is 2. The van der Waals surface area contributed by atoms with Gasteiger partial charge in [0, 0.05) is 44.3 Å². The topological polar surface area (TPSA) is 35.9 Å². The van der Waals surface area contributed by atoms with E-state index in [1.54, 1.807) is 0 Å². The molecule has 0 spiro atoms. The van der Waals surface area contributed by atoms with Gasteiger partial charge in [0.05, 0.1) is 16.7 Å². The molecule has 6 heteroatoms. The predicted molar refractivity (Wildman–Crippen MR) is 265 cm³/mol. The number of pyridine rings is 1. The molecule has 0 N–H and O–H groups in total. The summed E-state index contributed by atoms with van der Waals surface area (Å²) in [6.45, 7) is 27.4. The molecule has 0 atom stereocenters. The molecule has 0 bridgehead atoms. The van der Waals surface area contributed by atoms with E-state index in [4.69, 9.17) is 9.72 Å². The quantitative estimate of drug-likeness (QED) is 0.107. The van der Waals surface area contributed by atoms with Crippen molar-refractivity contribution in [2.45, 2.75) is 112 Å². The Kier molecular flexibility index (Phi) is 12.4. The van der Waals surface area contributed by atoms with Crippen molar-refractivity contribution in [2.24, 2.45) is 0 Å². The van der Waals surface area contributed by atoms with Gasteiger partial charge in [-0.1, -0.05) is 149 Å². The molecule has 6 aromatic carbocycles. The fraction of sp³-hybridized carbons (Fsp3) is 0.288. The summed E-state index contributed by atoms with van der Waals surface area (Å²) < 4.78 is 13.2. The van der Waals surface area contributed by atoms with Crippen LogP contribution in [0.3, 0.4) is 0 Å². The van der Waals surface area contributed by atoms with E-state index in [-0.39, 0.29) is 31.9 Å². The van der Waals surface area contributed by atoms with E-state index in [9.17, 15) is 0 Å². The zero-order chi connectivity index (χ0) is 45.2. The van der Waals surface area contributed by atoms with Gasteiger partial charge in [0.25, 0.3) is 6.33 Å². The Morgan fingerprint density at radius 1 is 0.600 bits per heavy atom. The standard InChI is InChI=1S/C59H60N4O.Pt/c1-37(2)41-28-50(38(3)4)57(51(29-41)39(5)6)40-26-27-60-56(30-40)63-52-21-14-13-20-48(52)49-25-24-47(35-55(49)63)64-46-19-17-18-44(34-46)61-36-62(54-23-16-15-22-53(54)61)45-32-42(58(7,8)9)31-43(33-45)59(10,11)12;/h13-33,37-39H,1-12H3;/q-2;. The summed E-state index contributed by atoms with van der Waals surface area (Å²) in [4.78, 5) is 5.03. The maximum Gasteiger partial charge on any atom is 0.268 e. The van der Waals surface area contributed by atoms with Gasteiger partial charge >= 0.3 is 0 Å². The van der Waals surface area contributed by atoms with Gasteiger partial charge in [0.2, 0.25) is 0 Å². The van der Waals surface area contributed by atoms with Gasteiger partial charge in [-0.2, -0.15) is 18.2 Å². The Morgan fingerprint density at radius 3 is 1.88 bits per heavy atom. The first kappa shape index (κ1) is 45.8. The van der Waals surface area contributed by atoms with Crippen LogP contribution in [0.15, 0.2) is 128 Å². The van der Waals surface area contributed by atoms with Gasteiger partial charge < -0.3 is 13.9 Å². The number of aromatic nitrogens is 4. The maximum absolute atomic E-state index is 6.67. The summed E-state index contributed by atoms with van der Waals surface area (Å²) in [6, 6.07) is 50.6. The van der Waals surface area contributed by atoms with Crippen molar-refractivity contribution < 1.29 is 30.4 Å². The molecule has 0 unspecified atom stereocenters. The number of fused-ring (bicyclic) bond motifs is 4. The van der Waals surface area contributed by atoms with E-state index in [2.05, 4.69) is 218 Å². The van der Waals surface area contributed by atoms with Crippen molar-refractivity contribution in [3.8, 4) is 39.8 Å². The number of para-hydroxylation sites is 3. The third-order valence-electron chi connectivity index (χ3n) is 12.6. The minimum atomic E-state index is -0.0154. The Labute approximate surface area is 400 Å². The van der Waals surface area contributed by atoms with Gasteiger partial charge in [0.15, 0.2) is 0 Å². The molecular weight excluding hydrogens is 976 g/mol. The second kappa shape index (κ2) is 17.6. The van der Waals surface area contributed by atoms with E-state index in [1.807, 2.05) is 24.4 Å². The first-order chi connectivity index (χ1) is 30.5. The van der Waals surface area contributed by atoms with E-state index >= 15 is 0 Å². The largest absolute Gasteiger partial charge is 0.510 e. The first-order valence-corrected chi connectivity index (χ1v) is 22.9. The molecule has 0 amide bonds. The molecule has 0 aliphatic heterocycles. The smallest absolute Gasteiger partial charge is 0.268 e. The monoisotopic (exact) mass is 1040 g/mol. The number of imidazole rings is 1. The molecule has 3 heterocycles. The molecule has 3 aromatic heterocycles. The Balaban J connectivity index is 0.00000576. The average Bonchev–Trinajstić information content (AvgIpc) is 3.81. The second-order valence-electron chi connectivity index (χ2n) is 20.4. The van der Waals surface area contributed by atoms with Crippen molar-refractivity contribution in [3.63, 3.8) is 0 Å². The van der Waals surface area contributed by atoms with Crippen molar-refractivity contribution in [2.75, 3.05) is 0 Å². The molecule has 65 heavy (non-hydrogen) atoms. The van der Waals surface area contributed by atoms with E-state index in [0.717, 1.165) is 50.0 Å². The maximum atomic E-state index is 6.67. The zero-order valence-corrected chi connectivity index (χ0v) is 42.1. The van der Waals surface area contributed by atoms with Crippen molar-refractivity contribution in [3.05, 3.63) is 174 Å². The van der Waals surface area contributed by atoms with Crippen LogP contribution < -0.4 is 9.30 Å². The molecule has 0 saturated heterocycles. The van der Waals surface area contributed by atoms with Gasteiger partial charge in [0.1, 0.15) is 5.82 Å². The van der Waals surface area contributed by atoms with E-state index in [1.165, 1.54) is 38.9 Å². The van der Waals surface area contributed by atoms with Crippen molar-refractivity contribution in [1.82, 2.24) is 14.1 Å². The molecule has 334 valence electrons. The van der Waals surface area contributed by atoms with Gasteiger partial charge in [-0.05, 0) is 109 Å². The van der Waals surface area contributed by atoms with Gasteiger partial charge in [-0.25, -0.2) is 4.98 Å². The first-order valence-electron chi connectivity index (χ1n) is 22.9. The van der Waals surface area contributed by atoms with Crippen LogP contribution in [0.1, 0.15) is 129 Å². The second-order valence-corrected chi connectivity index (χ2v) is 20.4. The summed E-state index contributed by atoms with van der Waals surface area (Å²) in [7, 11) is 0. The van der Waals surface area contributed by atoms with Crippen molar-refractivity contribution in [1.29, 1.82) is 0 Å². The SMILES string of the molecule is CC(C)c1cc(C(C)C)c(-c2ccnc(-n3c4[c-]c(Oc5[c-]c(-n6[c-][n+](-c7cc(C(C)(C)C)cc(C(C)(C)C)c7)c7ccccc76)ccc5)ccc4c4ccccc43)c2)c(C(C)C)c1.[Pt]. The van der Waals surface area contributed by atoms with Crippen molar-refractivity contribution >= 4 is 32.8 Å². The molecule has 5 nitrogen and oxygen atoms in total. The fourth-order valence-electron chi connectivity index (χ4n) is 8.94. The van der Waals surface area contributed by atoms with Gasteiger partial charge in [-0.3, -0.25) is 4.57 Å². The summed E-state index contributed by atoms with van der Waals surface area (Å²) >= 11 is 0. The predicted octanol–water partition coefficient (Wildman–Crippen LogP) is 15.2. The molecule has 0 saturated carbocycles. The Hall–Kier alpha value is -5.77. The third-order valence-corrected chi connectivity index (χ3v) is 12.6. The van der Waals surface area contributed by atoms with Crippen LogP contribution in [0.2, 0.25) is 0 Å². The van der Waals surface area contributed by atoms with Gasteiger partial charge in [-0.15, -0.1) is 29.7 Å². The number of nitrogens with zero attached hydrogens (tertiary/aromatic N) is 4. The molecule has 0 fully saturated rings. The minimum absolute atomic E-state index is 0. The summed E-state index contributed by atoms with van der Waals surface area (Å²) in [5, 5.41) is 2.22. The summed E-state index contributed by atoms with van der Waals surface area (Å²) in [6.07, 6.45) is 5.66. The van der Waals surface area contributed by atoms with Crippen LogP contribution in [0, 0.1) is 18.5 Å². The van der Waals surface area contributed by atoms with Crippen LogP contribution in [0.5, 0.6) is 11.5 Å². The number of hydrogen-bond donors (Lipinski definition) is 0. The van der Waals surface area contributed by atoms with Crippen LogP contribution in [0.25, 0.3) is 61.2 Å². The zero-order valence-electron chi connectivity index (χ0n) is 39.9. The third kappa shape index (κ3) is 8.73. The molecule has 0 aliphatic rings. The average molecular weight is 1040 g/mol. The fourth-order valence-corrected chi connectivity index (χ4v) is 8.94. The molecule has 9 rings (SSSR count). The number of benzene rings is 6. The Morgan fingerprint density at radius 2 is 1.23 bits per heavy atom. The number of rotatable bonds is 9. The molecule has 9 aromatic rings. The summed E-state index contributed by atoms with van der Waals surface area (Å²) in [5.41, 5.74) is 15.2. The van der Waals surface area contributed by atoms with E-state index in [0.29, 0.717) is 29.3 Å². The molecular formula is C59H60N4OPt-2. The number of ether oxygens (including phenoxy) is 1. The Bertz CT molecular complexity index is 3140. The molecule has 0 aliphatic carbocycles. The van der Waals surface area contributed by atoms with E-state index < -0.39 is 0 Å². The minimum Gasteiger partial charge on any atom is -0.510 e. The van der Waals surface area contributed by atoms with Crippen LogP contribution in [-0.4, -0.2) is 14.1 Å².